The van der Waals surface area contributed by atoms with Crippen LogP contribution in [0.1, 0.15) is 6.92 Å². The van der Waals surface area contributed by atoms with E-state index in [9.17, 15) is 9.59 Å². The number of hydrogen-bond donors (Lipinski definition) is 2. The molecule has 16 heavy (non-hydrogen) atoms. The second-order valence-corrected chi connectivity index (χ2v) is 4.72. The van der Waals surface area contributed by atoms with Gasteiger partial charge in [0.15, 0.2) is 0 Å². The van der Waals surface area contributed by atoms with Crippen molar-refractivity contribution < 1.29 is 14.7 Å². The molecule has 0 saturated carbocycles. The first-order valence-electron chi connectivity index (χ1n) is 4.87. The standard InChI is InChI=1S/C10H12N2O3S/c1-2-3-5-4-16-9-6(11)8(13)12(9)7(5)10(14)15/h2-3,6,9H,4,11H2,1H3,(H,14,15)/t6-,9+/m1/s1. The Kier molecular flexibility index (Phi) is 2.77. The monoisotopic (exact) mass is 240 g/mol. The highest BCUT2D eigenvalue weighted by Crippen LogP contribution is 2.39. The van der Waals surface area contributed by atoms with Crippen LogP contribution < -0.4 is 5.73 Å². The number of carbonyl (C=O) groups is 2. The number of fused-ring (bicyclic) bond motifs is 1. The maximum atomic E-state index is 11.5. The predicted molar refractivity (Wildman–Crippen MR) is 60.5 cm³/mol. The zero-order chi connectivity index (χ0) is 11.9. The molecule has 2 aliphatic heterocycles. The number of hydrogen-bond acceptors (Lipinski definition) is 4. The van der Waals surface area contributed by atoms with Gasteiger partial charge in [-0.05, 0) is 12.5 Å². The Morgan fingerprint density at radius 1 is 1.69 bits per heavy atom. The van der Waals surface area contributed by atoms with Gasteiger partial charge in [-0.2, -0.15) is 0 Å². The third-order valence-electron chi connectivity index (χ3n) is 2.61. The van der Waals surface area contributed by atoms with Gasteiger partial charge in [-0.1, -0.05) is 12.2 Å². The molecule has 0 unspecified atom stereocenters. The summed E-state index contributed by atoms with van der Waals surface area (Å²) in [6.07, 6.45) is 3.49. The molecule has 6 heteroatoms. The van der Waals surface area contributed by atoms with Gasteiger partial charge in [0.1, 0.15) is 17.1 Å². The molecule has 0 aromatic heterocycles. The van der Waals surface area contributed by atoms with Crippen LogP contribution in [-0.4, -0.2) is 39.1 Å². The summed E-state index contributed by atoms with van der Waals surface area (Å²) in [5, 5.41) is 8.91. The number of nitrogens with zero attached hydrogens (tertiary/aromatic N) is 1. The summed E-state index contributed by atoms with van der Waals surface area (Å²) in [7, 11) is 0. The lowest BCUT2D eigenvalue weighted by molar-refractivity contribution is -0.147. The molecule has 0 radical (unpaired) electrons. The van der Waals surface area contributed by atoms with Crippen molar-refractivity contribution in [3.8, 4) is 0 Å². The van der Waals surface area contributed by atoms with Gasteiger partial charge in [0.2, 0.25) is 5.91 Å². The molecule has 5 nitrogen and oxygen atoms in total. The first-order chi connectivity index (χ1) is 7.57. The van der Waals surface area contributed by atoms with E-state index in [1.165, 1.54) is 16.7 Å². The van der Waals surface area contributed by atoms with Crippen LogP contribution in [0, 0.1) is 0 Å². The highest BCUT2D eigenvalue weighted by Gasteiger charge is 2.51. The van der Waals surface area contributed by atoms with Crippen LogP contribution in [0.3, 0.4) is 0 Å². The van der Waals surface area contributed by atoms with Crippen LogP contribution in [-0.2, 0) is 9.59 Å². The minimum atomic E-state index is -1.07. The van der Waals surface area contributed by atoms with Crippen LogP contribution in [0.15, 0.2) is 23.4 Å². The molecule has 2 rings (SSSR count). The van der Waals surface area contributed by atoms with Crippen LogP contribution >= 0.6 is 11.8 Å². The van der Waals surface area contributed by atoms with Crippen molar-refractivity contribution in [2.24, 2.45) is 5.73 Å². The van der Waals surface area contributed by atoms with Crippen molar-refractivity contribution in [3.63, 3.8) is 0 Å². The number of nitrogens with two attached hydrogens (primary N) is 1. The van der Waals surface area contributed by atoms with Crippen LogP contribution in [0.2, 0.25) is 0 Å². The topological polar surface area (TPSA) is 83.6 Å². The molecular formula is C10H12N2O3S. The Balaban J connectivity index is 2.41. The Morgan fingerprint density at radius 3 is 2.94 bits per heavy atom. The van der Waals surface area contributed by atoms with Crippen molar-refractivity contribution in [1.29, 1.82) is 0 Å². The molecule has 1 saturated heterocycles. The quantitative estimate of drug-likeness (QED) is 0.671. The average molecular weight is 240 g/mol. The zero-order valence-corrected chi connectivity index (χ0v) is 9.53. The number of carboxylic acid groups (broad SMARTS) is 1. The summed E-state index contributed by atoms with van der Waals surface area (Å²) in [5.74, 6) is -0.802. The number of aliphatic carboxylic acids is 1. The maximum Gasteiger partial charge on any atom is 0.352 e. The number of β-lactam (4-membered cyclic amide) rings is 1. The van der Waals surface area contributed by atoms with Gasteiger partial charge in [-0.3, -0.25) is 9.69 Å². The van der Waals surface area contributed by atoms with Crippen molar-refractivity contribution in [2.75, 3.05) is 5.75 Å². The second kappa shape index (κ2) is 3.95. The van der Waals surface area contributed by atoms with Crippen molar-refractivity contribution in [1.82, 2.24) is 4.90 Å². The van der Waals surface area contributed by atoms with Gasteiger partial charge in [0, 0.05) is 5.75 Å². The van der Waals surface area contributed by atoms with E-state index in [0.717, 1.165) is 0 Å². The fraction of sp³-hybridized carbons (Fsp3) is 0.400. The lowest BCUT2D eigenvalue weighted by Gasteiger charge is -2.47. The molecule has 2 atom stereocenters. The molecule has 86 valence electrons. The summed E-state index contributed by atoms with van der Waals surface area (Å²) in [5.41, 5.74) is 6.35. The van der Waals surface area contributed by atoms with E-state index in [-0.39, 0.29) is 17.0 Å². The van der Waals surface area contributed by atoms with E-state index in [1.807, 2.05) is 6.92 Å². The first-order valence-corrected chi connectivity index (χ1v) is 5.92. The molecule has 0 aliphatic carbocycles. The third-order valence-corrected chi connectivity index (χ3v) is 3.93. The fourth-order valence-corrected chi connectivity index (χ4v) is 3.13. The predicted octanol–water partition coefficient (Wildman–Crippen LogP) is 0.144. The van der Waals surface area contributed by atoms with Crippen LogP contribution in [0.4, 0.5) is 0 Å². The molecule has 0 spiro atoms. The van der Waals surface area contributed by atoms with Crippen molar-refractivity contribution in [2.45, 2.75) is 18.3 Å². The minimum Gasteiger partial charge on any atom is -0.477 e. The molecule has 1 amide bonds. The number of rotatable bonds is 2. The van der Waals surface area contributed by atoms with Gasteiger partial charge >= 0.3 is 5.97 Å². The SMILES string of the molecule is CC=CC1=C(C(=O)O)N2C(=O)[C@@H](N)[C@@H]2SC1. The van der Waals surface area contributed by atoms with E-state index < -0.39 is 12.0 Å². The van der Waals surface area contributed by atoms with Gasteiger partial charge < -0.3 is 10.8 Å². The Bertz CT molecular complexity index is 416. The molecule has 0 aromatic rings. The van der Waals surface area contributed by atoms with Gasteiger partial charge in [0.25, 0.3) is 0 Å². The number of carbonyl (C=O) groups excluding carboxylic acids is 1. The number of amides is 1. The molecule has 3 N–H and O–H groups in total. The Hall–Kier alpha value is -1.27. The van der Waals surface area contributed by atoms with E-state index in [4.69, 9.17) is 10.8 Å². The summed E-state index contributed by atoms with van der Waals surface area (Å²) in [4.78, 5) is 24.0. The molecule has 0 bridgehead atoms. The molecular weight excluding hydrogens is 228 g/mol. The molecule has 2 heterocycles. The smallest absolute Gasteiger partial charge is 0.352 e. The first kappa shape index (κ1) is 11.2. The maximum absolute atomic E-state index is 11.5. The van der Waals surface area contributed by atoms with Gasteiger partial charge in [-0.25, -0.2) is 4.79 Å². The van der Waals surface area contributed by atoms with Crippen molar-refractivity contribution >= 4 is 23.6 Å². The van der Waals surface area contributed by atoms with E-state index in [0.29, 0.717) is 11.3 Å². The van der Waals surface area contributed by atoms with Gasteiger partial charge in [-0.15, -0.1) is 11.8 Å². The zero-order valence-electron chi connectivity index (χ0n) is 8.71. The molecule has 2 aliphatic rings. The number of allylic oxidation sites excluding steroid dienone is 2. The molecule has 1 fully saturated rings. The summed E-state index contributed by atoms with van der Waals surface area (Å²) < 4.78 is 0. The summed E-state index contributed by atoms with van der Waals surface area (Å²) in [6.45, 7) is 1.81. The van der Waals surface area contributed by atoms with E-state index >= 15 is 0 Å². The summed E-state index contributed by atoms with van der Waals surface area (Å²) >= 11 is 1.50. The summed E-state index contributed by atoms with van der Waals surface area (Å²) in [6, 6.07) is -0.563. The van der Waals surface area contributed by atoms with Crippen molar-refractivity contribution in [3.05, 3.63) is 23.4 Å². The second-order valence-electron chi connectivity index (χ2n) is 3.61. The van der Waals surface area contributed by atoms with E-state index in [1.54, 1.807) is 12.2 Å². The lowest BCUT2D eigenvalue weighted by atomic mass is 10.0. The number of carboxylic acids is 1. The third kappa shape index (κ3) is 1.45. The average Bonchev–Trinajstić information content (AvgIpc) is 2.27. The minimum absolute atomic E-state index is 0.0774. The van der Waals surface area contributed by atoms with Crippen LogP contribution in [0.5, 0.6) is 0 Å². The Morgan fingerprint density at radius 2 is 2.38 bits per heavy atom. The number of thioether (sulfide) groups is 1. The van der Waals surface area contributed by atoms with E-state index in [2.05, 4.69) is 0 Å². The van der Waals surface area contributed by atoms with Gasteiger partial charge in [0.05, 0.1) is 0 Å². The highest BCUT2D eigenvalue weighted by atomic mass is 32.2. The largest absolute Gasteiger partial charge is 0.477 e. The normalized spacial score (nSPS) is 29.4. The molecule has 0 aromatic carbocycles. The highest BCUT2D eigenvalue weighted by molar-refractivity contribution is 8.00. The Labute approximate surface area is 97.0 Å². The van der Waals surface area contributed by atoms with Crippen LogP contribution in [0.25, 0.3) is 0 Å². The fourth-order valence-electron chi connectivity index (χ4n) is 1.87. The lowest BCUT2D eigenvalue weighted by Crippen LogP contribution is -2.68.